The van der Waals surface area contributed by atoms with Gasteiger partial charge in [-0.2, -0.15) is 5.10 Å². The van der Waals surface area contributed by atoms with E-state index in [4.69, 9.17) is 11.6 Å². The number of rotatable bonds is 4. The molecule has 0 aliphatic heterocycles. The maximum absolute atomic E-state index is 5.93. The summed E-state index contributed by atoms with van der Waals surface area (Å²) in [5.74, 6) is 0.723. The minimum absolute atomic E-state index is 0.0628. The van der Waals surface area contributed by atoms with Crippen molar-refractivity contribution >= 4 is 11.6 Å². The predicted octanol–water partition coefficient (Wildman–Crippen LogP) is 3.23. The molecule has 0 radical (unpaired) electrons. The molecule has 3 heteroatoms. The van der Waals surface area contributed by atoms with Gasteiger partial charge in [-0.1, -0.05) is 13.8 Å². The standard InChI is InChI=1S/C10H17ClN2/c1-8(2)4-5-13-7-10(6-12-13)9(3)11/h6-9H,4-5H2,1-3H3. The zero-order chi connectivity index (χ0) is 9.84. The van der Waals surface area contributed by atoms with E-state index in [0.29, 0.717) is 0 Å². The molecule has 74 valence electrons. The van der Waals surface area contributed by atoms with Crippen LogP contribution in [0.1, 0.15) is 38.1 Å². The van der Waals surface area contributed by atoms with Crippen molar-refractivity contribution in [1.82, 2.24) is 9.78 Å². The molecule has 0 saturated carbocycles. The van der Waals surface area contributed by atoms with E-state index in [1.807, 2.05) is 24.0 Å². The van der Waals surface area contributed by atoms with Crippen LogP contribution in [0.2, 0.25) is 0 Å². The molecule has 0 spiro atoms. The summed E-state index contributed by atoms with van der Waals surface area (Å²) in [4.78, 5) is 0. The first kappa shape index (κ1) is 10.6. The summed E-state index contributed by atoms with van der Waals surface area (Å²) in [5, 5.41) is 4.30. The first-order valence-corrected chi connectivity index (χ1v) is 5.19. The minimum Gasteiger partial charge on any atom is -0.272 e. The second-order valence-corrected chi connectivity index (χ2v) is 4.49. The molecule has 0 aliphatic carbocycles. The predicted molar refractivity (Wildman–Crippen MR) is 56.0 cm³/mol. The highest BCUT2D eigenvalue weighted by Crippen LogP contribution is 2.18. The van der Waals surface area contributed by atoms with Crippen LogP contribution in [0.4, 0.5) is 0 Å². The number of nitrogens with zero attached hydrogens (tertiary/aromatic N) is 2. The largest absolute Gasteiger partial charge is 0.272 e. The quantitative estimate of drug-likeness (QED) is 0.683. The molecule has 0 amide bonds. The van der Waals surface area contributed by atoms with E-state index >= 15 is 0 Å². The Labute approximate surface area is 84.9 Å². The zero-order valence-electron chi connectivity index (χ0n) is 8.50. The van der Waals surface area contributed by atoms with Crippen molar-refractivity contribution in [2.24, 2.45) is 5.92 Å². The van der Waals surface area contributed by atoms with E-state index in [2.05, 4.69) is 18.9 Å². The van der Waals surface area contributed by atoms with Gasteiger partial charge in [-0.15, -0.1) is 11.6 Å². The summed E-state index contributed by atoms with van der Waals surface area (Å²) in [6.45, 7) is 7.38. The topological polar surface area (TPSA) is 17.8 Å². The second-order valence-electron chi connectivity index (χ2n) is 3.84. The highest BCUT2D eigenvalue weighted by molar-refractivity contribution is 6.20. The van der Waals surface area contributed by atoms with Crippen LogP contribution < -0.4 is 0 Å². The lowest BCUT2D eigenvalue weighted by molar-refractivity contribution is 0.487. The van der Waals surface area contributed by atoms with Crippen LogP contribution in [0, 0.1) is 5.92 Å². The van der Waals surface area contributed by atoms with Gasteiger partial charge in [0.2, 0.25) is 0 Å². The Hall–Kier alpha value is -0.500. The van der Waals surface area contributed by atoms with Crippen LogP contribution in [0.15, 0.2) is 12.4 Å². The fourth-order valence-electron chi connectivity index (χ4n) is 1.10. The smallest absolute Gasteiger partial charge is 0.0588 e. The van der Waals surface area contributed by atoms with Gasteiger partial charge in [-0.3, -0.25) is 4.68 Å². The lowest BCUT2D eigenvalue weighted by Gasteiger charge is -2.03. The van der Waals surface area contributed by atoms with Crippen molar-refractivity contribution in [2.75, 3.05) is 0 Å². The fourth-order valence-corrected chi connectivity index (χ4v) is 1.21. The maximum atomic E-state index is 5.93. The average molecular weight is 201 g/mol. The Bertz CT molecular complexity index is 253. The Morgan fingerprint density at radius 1 is 1.46 bits per heavy atom. The number of halogens is 1. The van der Waals surface area contributed by atoms with Gasteiger partial charge in [0.1, 0.15) is 0 Å². The highest BCUT2D eigenvalue weighted by atomic mass is 35.5. The van der Waals surface area contributed by atoms with Crippen LogP contribution in [0.25, 0.3) is 0 Å². The van der Waals surface area contributed by atoms with Gasteiger partial charge < -0.3 is 0 Å². The molecule has 0 N–H and O–H groups in total. The van der Waals surface area contributed by atoms with Gasteiger partial charge in [0.15, 0.2) is 0 Å². The Morgan fingerprint density at radius 3 is 2.62 bits per heavy atom. The fraction of sp³-hybridized carbons (Fsp3) is 0.700. The highest BCUT2D eigenvalue weighted by Gasteiger charge is 2.04. The molecule has 13 heavy (non-hydrogen) atoms. The van der Waals surface area contributed by atoms with E-state index in [9.17, 15) is 0 Å². The number of aromatic nitrogens is 2. The van der Waals surface area contributed by atoms with Crippen LogP contribution in [0.5, 0.6) is 0 Å². The van der Waals surface area contributed by atoms with Crippen molar-refractivity contribution < 1.29 is 0 Å². The van der Waals surface area contributed by atoms with Crippen molar-refractivity contribution in [2.45, 2.75) is 39.1 Å². The Morgan fingerprint density at radius 2 is 2.15 bits per heavy atom. The van der Waals surface area contributed by atoms with Crippen LogP contribution in [0.3, 0.4) is 0 Å². The third-order valence-electron chi connectivity index (χ3n) is 2.05. The maximum Gasteiger partial charge on any atom is 0.0588 e. The van der Waals surface area contributed by atoms with E-state index in [1.165, 1.54) is 0 Å². The van der Waals surface area contributed by atoms with Gasteiger partial charge in [0.25, 0.3) is 0 Å². The molecular formula is C10H17ClN2. The summed E-state index contributed by atoms with van der Waals surface area (Å²) < 4.78 is 1.97. The third-order valence-corrected chi connectivity index (χ3v) is 2.30. The number of hydrogen-bond donors (Lipinski definition) is 0. The van der Waals surface area contributed by atoms with E-state index < -0.39 is 0 Å². The molecule has 1 unspecified atom stereocenters. The molecule has 1 aromatic heterocycles. The summed E-state index contributed by atoms with van der Waals surface area (Å²) >= 11 is 5.93. The van der Waals surface area contributed by atoms with E-state index in [1.54, 1.807) is 0 Å². The molecule has 1 heterocycles. The molecule has 0 aromatic carbocycles. The van der Waals surface area contributed by atoms with E-state index in [0.717, 1.165) is 24.4 Å². The van der Waals surface area contributed by atoms with Crippen LogP contribution in [-0.4, -0.2) is 9.78 Å². The second kappa shape index (κ2) is 4.66. The number of hydrogen-bond acceptors (Lipinski definition) is 1. The summed E-state index contributed by atoms with van der Waals surface area (Å²) in [7, 11) is 0. The average Bonchev–Trinajstić information content (AvgIpc) is 2.48. The minimum atomic E-state index is 0.0628. The van der Waals surface area contributed by atoms with E-state index in [-0.39, 0.29) is 5.38 Å². The molecular weight excluding hydrogens is 184 g/mol. The van der Waals surface area contributed by atoms with Gasteiger partial charge in [-0.25, -0.2) is 0 Å². The van der Waals surface area contributed by atoms with Gasteiger partial charge in [-0.05, 0) is 19.3 Å². The molecule has 0 fully saturated rings. The molecule has 0 bridgehead atoms. The molecule has 0 aliphatic rings. The number of alkyl halides is 1. The van der Waals surface area contributed by atoms with Gasteiger partial charge in [0, 0.05) is 18.3 Å². The zero-order valence-corrected chi connectivity index (χ0v) is 9.25. The third kappa shape index (κ3) is 3.39. The number of aryl methyl sites for hydroxylation is 1. The first-order valence-electron chi connectivity index (χ1n) is 4.76. The molecule has 1 aromatic rings. The van der Waals surface area contributed by atoms with Crippen molar-refractivity contribution in [3.8, 4) is 0 Å². The SMILES string of the molecule is CC(C)CCn1cc(C(C)Cl)cn1. The summed E-state index contributed by atoms with van der Waals surface area (Å²) in [6.07, 6.45) is 5.04. The first-order chi connectivity index (χ1) is 6.09. The lowest BCUT2D eigenvalue weighted by Crippen LogP contribution is -2.01. The molecule has 1 atom stereocenters. The normalized spacial score (nSPS) is 13.6. The molecule has 2 nitrogen and oxygen atoms in total. The van der Waals surface area contributed by atoms with Gasteiger partial charge in [0.05, 0.1) is 11.6 Å². The lowest BCUT2D eigenvalue weighted by atomic mass is 10.1. The molecule has 0 saturated heterocycles. The summed E-state index contributed by atoms with van der Waals surface area (Å²) in [5.41, 5.74) is 1.10. The monoisotopic (exact) mass is 200 g/mol. The van der Waals surface area contributed by atoms with Gasteiger partial charge >= 0.3 is 0 Å². The van der Waals surface area contributed by atoms with Crippen molar-refractivity contribution in [3.05, 3.63) is 18.0 Å². The van der Waals surface area contributed by atoms with Crippen molar-refractivity contribution in [3.63, 3.8) is 0 Å². The Balaban J connectivity index is 2.49. The van der Waals surface area contributed by atoms with Crippen LogP contribution in [-0.2, 0) is 6.54 Å². The van der Waals surface area contributed by atoms with Crippen LogP contribution >= 0.6 is 11.6 Å². The molecule has 1 rings (SSSR count). The van der Waals surface area contributed by atoms with Crippen molar-refractivity contribution in [1.29, 1.82) is 0 Å². The summed E-state index contributed by atoms with van der Waals surface area (Å²) in [6, 6.07) is 0. The Kier molecular flexibility index (Phi) is 3.79.